The van der Waals surface area contributed by atoms with Gasteiger partial charge in [0.05, 0.1) is 0 Å². The average molecular weight is 295 g/mol. The van der Waals surface area contributed by atoms with Gasteiger partial charge in [0.1, 0.15) is 0 Å². The van der Waals surface area contributed by atoms with Crippen LogP contribution in [0, 0.1) is 11.8 Å². The van der Waals surface area contributed by atoms with Gasteiger partial charge < -0.3 is 9.64 Å². The minimum absolute atomic E-state index is 0.128. The predicted octanol–water partition coefficient (Wildman–Crippen LogP) is 2.38. The Balaban J connectivity index is 2.69. The molecule has 0 saturated carbocycles. The molecule has 1 fully saturated rings. The van der Waals surface area contributed by atoms with Gasteiger partial charge >= 0.3 is 18.1 Å². The van der Waals surface area contributed by atoms with Crippen LogP contribution in [-0.2, 0) is 14.3 Å². The first-order valence-electron chi connectivity index (χ1n) is 6.66. The Morgan fingerprint density at radius 1 is 1.30 bits per heavy atom. The van der Waals surface area contributed by atoms with Crippen molar-refractivity contribution < 1.29 is 27.5 Å². The smallest absolute Gasteiger partial charge is 0.422 e. The molecule has 1 aliphatic rings. The van der Waals surface area contributed by atoms with Gasteiger partial charge in [-0.1, -0.05) is 20.8 Å². The van der Waals surface area contributed by atoms with Crippen molar-refractivity contribution in [2.45, 2.75) is 45.8 Å². The Hall–Kier alpha value is -1.27. The number of carbonyl (C=O) groups is 2. The molecule has 0 spiro atoms. The molecule has 0 aromatic rings. The normalized spacial score (nSPS) is 23.9. The monoisotopic (exact) mass is 295 g/mol. The van der Waals surface area contributed by atoms with E-state index in [1.807, 2.05) is 20.8 Å². The van der Waals surface area contributed by atoms with Crippen molar-refractivity contribution in [2.75, 3.05) is 13.2 Å². The molecule has 1 heterocycles. The fourth-order valence-electron chi connectivity index (χ4n) is 2.43. The molecule has 20 heavy (non-hydrogen) atoms. The van der Waals surface area contributed by atoms with Crippen LogP contribution >= 0.6 is 0 Å². The molecule has 1 saturated heterocycles. The molecule has 0 aromatic carbocycles. The first-order chi connectivity index (χ1) is 9.11. The van der Waals surface area contributed by atoms with Crippen molar-refractivity contribution in [3.8, 4) is 0 Å². The largest absolute Gasteiger partial charge is 0.449 e. The van der Waals surface area contributed by atoms with Gasteiger partial charge in [0.25, 0.3) is 0 Å². The van der Waals surface area contributed by atoms with E-state index < -0.39 is 24.7 Å². The zero-order chi connectivity index (χ0) is 15.5. The van der Waals surface area contributed by atoms with E-state index in [4.69, 9.17) is 0 Å². The molecule has 0 unspecified atom stereocenters. The van der Waals surface area contributed by atoms with Gasteiger partial charge in [-0.3, -0.25) is 4.79 Å². The molecular formula is C13H20F3NO3. The van der Waals surface area contributed by atoms with Crippen LogP contribution in [0.25, 0.3) is 0 Å². The summed E-state index contributed by atoms with van der Waals surface area (Å²) >= 11 is 0. The fourth-order valence-corrected chi connectivity index (χ4v) is 2.43. The first kappa shape index (κ1) is 16.8. The number of hydrogen-bond donors (Lipinski definition) is 0. The topological polar surface area (TPSA) is 46.6 Å². The maximum Gasteiger partial charge on any atom is 0.422 e. The molecule has 2 atom stereocenters. The number of ether oxygens (including phenoxy) is 1. The molecule has 0 bridgehead atoms. The third-order valence-corrected chi connectivity index (χ3v) is 3.44. The third kappa shape index (κ3) is 4.68. The standard InChI is InChI=1S/C13H20F3NO3/c1-8(2)10-5-4-9(3)6-17(10)11(18)12(19)20-7-13(14,15)16/h8-10H,4-7H2,1-3H3/t9-,10+/m1/s1. The van der Waals surface area contributed by atoms with Crippen molar-refractivity contribution in [3.63, 3.8) is 0 Å². The van der Waals surface area contributed by atoms with Gasteiger partial charge in [0.2, 0.25) is 0 Å². The summed E-state index contributed by atoms with van der Waals surface area (Å²) in [4.78, 5) is 24.8. The lowest BCUT2D eigenvalue weighted by molar-refractivity contribution is -0.190. The second-order valence-corrected chi connectivity index (χ2v) is 5.64. The zero-order valence-electron chi connectivity index (χ0n) is 11.9. The maximum absolute atomic E-state index is 12.0. The number of piperidine rings is 1. The third-order valence-electron chi connectivity index (χ3n) is 3.44. The lowest BCUT2D eigenvalue weighted by Crippen LogP contribution is -2.51. The van der Waals surface area contributed by atoms with Gasteiger partial charge in [-0.05, 0) is 24.7 Å². The van der Waals surface area contributed by atoms with Crippen molar-refractivity contribution >= 4 is 11.9 Å². The van der Waals surface area contributed by atoms with E-state index >= 15 is 0 Å². The Bertz CT molecular complexity index is 368. The van der Waals surface area contributed by atoms with Crippen molar-refractivity contribution in [2.24, 2.45) is 11.8 Å². The number of alkyl halides is 3. The highest BCUT2D eigenvalue weighted by molar-refractivity contribution is 6.32. The van der Waals surface area contributed by atoms with E-state index in [9.17, 15) is 22.8 Å². The fraction of sp³-hybridized carbons (Fsp3) is 0.846. The number of nitrogens with zero attached hydrogens (tertiary/aromatic N) is 1. The number of hydrogen-bond acceptors (Lipinski definition) is 3. The van der Waals surface area contributed by atoms with Crippen LogP contribution in [0.3, 0.4) is 0 Å². The summed E-state index contributed by atoms with van der Waals surface area (Å²) in [6.45, 7) is 4.43. The van der Waals surface area contributed by atoms with Crippen LogP contribution in [0.4, 0.5) is 13.2 Å². The van der Waals surface area contributed by atoms with Crippen LogP contribution < -0.4 is 0 Å². The van der Waals surface area contributed by atoms with Crippen LogP contribution in [0.5, 0.6) is 0 Å². The molecule has 116 valence electrons. The summed E-state index contributed by atoms with van der Waals surface area (Å²) in [5, 5.41) is 0. The minimum Gasteiger partial charge on any atom is -0.449 e. The highest BCUT2D eigenvalue weighted by Gasteiger charge is 2.37. The summed E-state index contributed by atoms with van der Waals surface area (Å²) in [5.74, 6) is -2.03. The van der Waals surface area contributed by atoms with Gasteiger partial charge in [-0.15, -0.1) is 0 Å². The number of likely N-dealkylation sites (tertiary alicyclic amines) is 1. The molecule has 0 N–H and O–H groups in total. The molecule has 1 aliphatic heterocycles. The average Bonchev–Trinajstić information content (AvgIpc) is 2.33. The predicted molar refractivity (Wildman–Crippen MR) is 65.8 cm³/mol. The summed E-state index contributed by atoms with van der Waals surface area (Å²) in [7, 11) is 0. The Kier molecular flexibility index (Phi) is 5.42. The van der Waals surface area contributed by atoms with Gasteiger partial charge in [0.15, 0.2) is 6.61 Å². The SMILES string of the molecule is CC(C)[C@@H]1CC[C@@H](C)CN1C(=O)C(=O)OCC(F)(F)F. The van der Waals surface area contributed by atoms with E-state index in [2.05, 4.69) is 4.74 Å². The Morgan fingerprint density at radius 2 is 1.90 bits per heavy atom. The zero-order valence-corrected chi connectivity index (χ0v) is 11.9. The quantitative estimate of drug-likeness (QED) is 0.580. The number of esters is 1. The molecular weight excluding hydrogens is 275 g/mol. The molecule has 0 aromatic heterocycles. The first-order valence-corrected chi connectivity index (χ1v) is 6.66. The second kappa shape index (κ2) is 6.45. The van der Waals surface area contributed by atoms with Gasteiger partial charge in [-0.25, -0.2) is 4.79 Å². The van der Waals surface area contributed by atoms with Crippen LogP contribution in [-0.4, -0.2) is 42.1 Å². The number of carbonyl (C=O) groups excluding carboxylic acids is 2. The molecule has 0 radical (unpaired) electrons. The molecule has 7 heteroatoms. The summed E-state index contributed by atoms with van der Waals surface area (Å²) < 4.78 is 40.0. The van der Waals surface area contributed by atoms with Crippen molar-refractivity contribution in [1.82, 2.24) is 4.90 Å². The van der Waals surface area contributed by atoms with E-state index in [0.29, 0.717) is 6.54 Å². The molecule has 4 nitrogen and oxygen atoms in total. The highest BCUT2D eigenvalue weighted by atomic mass is 19.4. The van der Waals surface area contributed by atoms with Crippen LogP contribution in [0.15, 0.2) is 0 Å². The van der Waals surface area contributed by atoms with E-state index in [0.717, 1.165) is 12.8 Å². The van der Waals surface area contributed by atoms with E-state index in [1.165, 1.54) is 4.90 Å². The molecule has 1 amide bonds. The highest BCUT2D eigenvalue weighted by Crippen LogP contribution is 2.26. The van der Waals surface area contributed by atoms with Gasteiger partial charge in [-0.2, -0.15) is 13.2 Å². The summed E-state index contributed by atoms with van der Waals surface area (Å²) in [6, 6.07) is -0.128. The minimum atomic E-state index is -4.62. The lowest BCUT2D eigenvalue weighted by atomic mass is 9.88. The Labute approximate surface area is 116 Å². The molecule has 0 aliphatic carbocycles. The summed E-state index contributed by atoms with van der Waals surface area (Å²) in [5.41, 5.74) is 0. The van der Waals surface area contributed by atoms with Crippen molar-refractivity contribution in [1.29, 1.82) is 0 Å². The number of amides is 1. The maximum atomic E-state index is 12.0. The van der Waals surface area contributed by atoms with E-state index in [-0.39, 0.29) is 17.9 Å². The summed E-state index contributed by atoms with van der Waals surface area (Å²) in [6.07, 6.45) is -2.94. The number of rotatable bonds is 2. The number of halogens is 3. The van der Waals surface area contributed by atoms with Crippen LogP contribution in [0.1, 0.15) is 33.6 Å². The van der Waals surface area contributed by atoms with E-state index in [1.54, 1.807) is 0 Å². The molecule has 1 rings (SSSR count). The van der Waals surface area contributed by atoms with Crippen LogP contribution in [0.2, 0.25) is 0 Å². The lowest BCUT2D eigenvalue weighted by Gasteiger charge is -2.40. The Morgan fingerprint density at radius 3 is 2.40 bits per heavy atom. The second-order valence-electron chi connectivity index (χ2n) is 5.64. The van der Waals surface area contributed by atoms with Gasteiger partial charge in [0, 0.05) is 12.6 Å². The van der Waals surface area contributed by atoms with Crippen molar-refractivity contribution in [3.05, 3.63) is 0 Å².